The maximum Gasteiger partial charge on any atom is 0.338 e. The summed E-state index contributed by atoms with van der Waals surface area (Å²) in [4.78, 5) is 22.1. The number of hydrogen-bond donors (Lipinski definition) is 1. The van der Waals surface area contributed by atoms with Gasteiger partial charge in [0.05, 0.1) is 16.6 Å². The van der Waals surface area contributed by atoms with E-state index in [1.165, 1.54) is 31.4 Å². The Bertz CT molecular complexity index is 545. The quantitative estimate of drug-likeness (QED) is 0.506. The molecule has 0 spiro atoms. The normalized spacial score (nSPS) is 28.1. The summed E-state index contributed by atoms with van der Waals surface area (Å²) >= 11 is 0. The lowest BCUT2D eigenvalue weighted by Crippen LogP contribution is -2.49. The van der Waals surface area contributed by atoms with Crippen molar-refractivity contribution in [2.75, 3.05) is 7.11 Å². The van der Waals surface area contributed by atoms with E-state index in [0.717, 1.165) is 0 Å². The van der Waals surface area contributed by atoms with Crippen molar-refractivity contribution >= 4 is 11.7 Å². The third kappa shape index (κ3) is 3.59. The average molecular weight is 311 g/mol. The highest BCUT2D eigenvalue weighted by molar-refractivity contribution is 5.89. The fourth-order valence-electron chi connectivity index (χ4n) is 2.20. The van der Waals surface area contributed by atoms with Gasteiger partial charge in [0.25, 0.3) is 5.69 Å². The fraction of sp³-hybridized carbons (Fsp3) is 0.500. The molecule has 0 bridgehead atoms. The molecule has 1 aromatic carbocycles. The van der Waals surface area contributed by atoms with Crippen LogP contribution in [-0.2, 0) is 14.2 Å². The number of nitrogens with zero attached hydrogens (tertiary/aromatic N) is 1. The molecule has 120 valence electrons. The summed E-state index contributed by atoms with van der Waals surface area (Å²) in [6, 6.07) is 5.06. The molecule has 1 fully saturated rings. The Morgan fingerprint density at radius 3 is 2.59 bits per heavy atom. The first-order valence-corrected chi connectivity index (χ1v) is 6.74. The number of aliphatic hydroxyl groups excluding tert-OH is 1. The highest BCUT2D eigenvalue weighted by Gasteiger charge is 2.38. The van der Waals surface area contributed by atoms with E-state index < -0.39 is 35.5 Å². The molecule has 2 rings (SSSR count). The number of ether oxygens (including phenoxy) is 3. The summed E-state index contributed by atoms with van der Waals surface area (Å²) in [7, 11) is 1.46. The van der Waals surface area contributed by atoms with Crippen molar-refractivity contribution in [1.29, 1.82) is 0 Å². The Morgan fingerprint density at radius 2 is 2.05 bits per heavy atom. The first kappa shape index (κ1) is 16.3. The minimum Gasteiger partial charge on any atom is -0.456 e. The van der Waals surface area contributed by atoms with Crippen molar-refractivity contribution in [3.05, 3.63) is 39.9 Å². The molecule has 1 saturated heterocycles. The van der Waals surface area contributed by atoms with Gasteiger partial charge in [-0.25, -0.2) is 4.79 Å². The van der Waals surface area contributed by atoms with Crippen LogP contribution in [0.15, 0.2) is 24.3 Å². The minimum atomic E-state index is -0.964. The number of non-ortho nitro benzene ring substituents is 1. The second kappa shape index (κ2) is 6.82. The molecule has 1 aliphatic rings. The molecule has 4 atom stereocenters. The Labute approximate surface area is 126 Å². The number of nitro groups is 1. The molecule has 0 unspecified atom stereocenters. The van der Waals surface area contributed by atoms with E-state index in [0.29, 0.717) is 0 Å². The van der Waals surface area contributed by atoms with E-state index in [9.17, 15) is 20.0 Å². The lowest BCUT2D eigenvalue weighted by Gasteiger charge is -2.36. The summed E-state index contributed by atoms with van der Waals surface area (Å²) in [5, 5.41) is 20.6. The molecule has 8 heteroatoms. The van der Waals surface area contributed by atoms with Gasteiger partial charge in [0.1, 0.15) is 12.2 Å². The van der Waals surface area contributed by atoms with Crippen LogP contribution >= 0.6 is 0 Å². The fourth-order valence-corrected chi connectivity index (χ4v) is 2.20. The molecule has 0 aromatic heterocycles. The molecule has 0 saturated carbocycles. The molecule has 0 radical (unpaired) electrons. The summed E-state index contributed by atoms with van der Waals surface area (Å²) in [6.07, 6.45) is -2.62. The Kier molecular flexibility index (Phi) is 5.07. The topological polar surface area (TPSA) is 108 Å². The Hall–Kier alpha value is -2.03. The smallest absolute Gasteiger partial charge is 0.338 e. The first-order chi connectivity index (χ1) is 10.4. The van der Waals surface area contributed by atoms with Crippen molar-refractivity contribution in [1.82, 2.24) is 0 Å². The number of rotatable bonds is 4. The van der Waals surface area contributed by atoms with E-state index in [4.69, 9.17) is 14.2 Å². The van der Waals surface area contributed by atoms with Crippen LogP contribution < -0.4 is 0 Å². The third-order valence-electron chi connectivity index (χ3n) is 3.49. The Balaban J connectivity index is 2.05. The summed E-state index contributed by atoms with van der Waals surface area (Å²) in [5.41, 5.74) is 0.0571. The van der Waals surface area contributed by atoms with Gasteiger partial charge in [-0.15, -0.1) is 0 Å². The van der Waals surface area contributed by atoms with Crippen LogP contribution in [0.4, 0.5) is 5.69 Å². The maximum absolute atomic E-state index is 12.1. The monoisotopic (exact) mass is 311 g/mol. The molecule has 1 N–H and O–H groups in total. The van der Waals surface area contributed by atoms with Crippen molar-refractivity contribution in [3.8, 4) is 0 Å². The van der Waals surface area contributed by atoms with Gasteiger partial charge in [0, 0.05) is 25.7 Å². The second-order valence-electron chi connectivity index (χ2n) is 4.98. The lowest BCUT2D eigenvalue weighted by atomic mass is 10.0. The number of carbonyl (C=O) groups is 1. The van der Waals surface area contributed by atoms with Gasteiger partial charge in [-0.2, -0.15) is 0 Å². The van der Waals surface area contributed by atoms with Crippen LogP contribution in [0.3, 0.4) is 0 Å². The number of carbonyl (C=O) groups excluding carboxylic acids is 1. The predicted octanol–water partition coefficient (Wildman–Crippen LogP) is 1.26. The van der Waals surface area contributed by atoms with Gasteiger partial charge < -0.3 is 19.3 Å². The molecular formula is C14H17NO7. The minimum absolute atomic E-state index is 0.115. The molecule has 0 aliphatic carbocycles. The van der Waals surface area contributed by atoms with Crippen LogP contribution in [0.1, 0.15) is 23.7 Å². The van der Waals surface area contributed by atoms with E-state index in [1.807, 2.05) is 0 Å². The van der Waals surface area contributed by atoms with Crippen LogP contribution in [0.2, 0.25) is 0 Å². The number of nitro benzene ring substituents is 1. The maximum atomic E-state index is 12.1. The van der Waals surface area contributed by atoms with Crippen LogP contribution in [0.25, 0.3) is 0 Å². The van der Waals surface area contributed by atoms with Crippen LogP contribution in [-0.4, -0.2) is 47.7 Å². The molecule has 1 aromatic rings. The summed E-state index contributed by atoms with van der Waals surface area (Å²) < 4.78 is 15.7. The summed E-state index contributed by atoms with van der Waals surface area (Å²) in [6.45, 7) is 1.66. The SMILES string of the molecule is CO[C@@H]1C[C@@H](OC(=O)c2ccc([N+](=O)[O-])cc2)[C@H](O)[C@@H](C)O1. The van der Waals surface area contributed by atoms with E-state index in [2.05, 4.69) is 0 Å². The van der Waals surface area contributed by atoms with Crippen molar-refractivity contribution in [2.24, 2.45) is 0 Å². The van der Waals surface area contributed by atoms with Crippen LogP contribution in [0, 0.1) is 10.1 Å². The zero-order chi connectivity index (χ0) is 16.3. The highest BCUT2D eigenvalue weighted by atomic mass is 16.7. The number of hydrogen-bond acceptors (Lipinski definition) is 7. The number of benzene rings is 1. The standard InChI is InChI=1S/C14H17NO7/c1-8-13(16)11(7-12(20-2)21-8)22-14(17)9-3-5-10(6-4-9)15(18)19/h3-6,8,11-13,16H,7H2,1-2H3/t8-,11-,12+,13-/m1/s1. The number of esters is 1. The molecular weight excluding hydrogens is 294 g/mol. The van der Waals surface area contributed by atoms with Gasteiger partial charge in [-0.3, -0.25) is 10.1 Å². The molecule has 22 heavy (non-hydrogen) atoms. The van der Waals surface area contributed by atoms with Crippen molar-refractivity contribution < 1.29 is 29.0 Å². The molecule has 1 heterocycles. The molecule has 8 nitrogen and oxygen atoms in total. The van der Waals surface area contributed by atoms with Gasteiger partial charge >= 0.3 is 5.97 Å². The van der Waals surface area contributed by atoms with Gasteiger partial charge in [0.15, 0.2) is 6.29 Å². The van der Waals surface area contributed by atoms with Crippen molar-refractivity contribution in [3.63, 3.8) is 0 Å². The average Bonchev–Trinajstić information content (AvgIpc) is 2.51. The molecule has 0 amide bonds. The van der Waals surface area contributed by atoms with E-state index >= 15 is 0 Å². The molecule has 1 aliphatic heterocycles. The first-order valence-electron chi connectivity index (χ1n) is 6.74. The van der Waals surface area contributed by atoms with E-state index in [-0.39, 0.29) is 17.7 Å². The van der Waals surface area contributed by atoms with Crippen molar-refractivity contribution in [2.45, 2.75) is 37.9 Å². The predicted molar refractivity (Wildman–Crippen MR) is 74.3 cm³/mol. The van der Waals surface area contributed by atoms with Crippen LogP contribution in [0.5, 0.6) is 0 Å². The second-order valence-corrected chi connectivity index (χ2v) is 4.98. The van der Waals surface area contributed by atoms with Gasteiger partial charge in [-0.05, 0) is 19.1 Å². The third-order valence-corrected chi connectivity index (χ3v) is 3.49. The van der Waals surface area contributed by atoms with E-state index in [1.54, 1.807) is 6.92 Å². The lowest BCUT2D eigenvalue weighted by molar-refractivity contribution is -0.384. The van der Waals surface area contributed by atoms with Gasteiger partial charge in [-0.1, -0.05) is 0 Å². The number of methoxy groups -OCH3 is 1. The number of aliphatic hydroxyl groups is 1. The largest absolute Gasteiger partial charge is 0.456 e. The zero-order valence-electron chi connectivity index (χ0n) is 12.2. The van der Waals surface area contributed by atoms with Gasteiger partial charge in [0.2, 0.25) is 0 Å². The highest BCUT2D eigenvalue weighted by Crippen LogP contribution is 2.24. The Morgan fingerprint density at radius 1 is 1.41 bits per heavy atom. The summed E-state index contributed by atoms with van der Waals surface area (Å²) in [5.74, 6) is -0.664. The zero-order valence-corrected chi connectivity index (χ0v) is 12.2.